The van der Waals surface area contributed by atoms with E-state index >= 15 is 0 Å². The molecule has 1 aromatic rings. The summed E-state index contributed by atoms with van der Waals surface area (Å²) in [5, 5.41) is 1.02. The van der Waals surface area contributed by atoms with Gasteiger partial charge >= 0.3 is 0 Å². The fraction of sp³-hybridized carbons (Fsp3) is 0.500. The van der Waals surface area contributed by atoms with E-state index in [1.807, 2.05) is 6.92 Å². The molecule has 0 heterocycles. The molecule has 22 heavy (non-hydrogen) atoms. The highest BCUT2D eigenvalue weighted by molar-refractivity contribution is 7.94. The third-order valence-electron chi connectivity index (χ3n) is 3.56. The Labute approximate surface area is 134 Å². The van der Waals surface area contributed by atoms with Crippen molar-refractivity contribution in [2.75, 3.05) is 0 Å². The van der Waals surface area contributed by atoms with Gasteiger partial charge in [0, 0.05) is 11.8 Å². The summed E-state index contributed by atoms with van der Waals surface area (Å²) in [6, 6.07) is 6.62. The van der Waals surface area contributed by atoms with Gasteiger partial charge in [-0.15, -0.1) is 0 Å². The molecule has 0 aliphatic rings. The molecule has 0 saturated heterocycles. The lowest BCUT2D eigenvalue weighted by Crippen LogP contribution is -1.99. The predicted octanol–water partition coefficient (Wildman–Crippen LogP) is 4.60. The number of rotatable bonds is 10. The molecular formula is C18H26O3S. The van der Waals surface area contributed by atoms with Gasteiger partial charge in [0.25, 0.3) is 0 Å². The molecule has 0 aliphatic heterocycles. The van der Waals surface area contributed by atoms with Crippen LogP contribution in [0.4, 0.5) is 0 Å². The van der Waals surface area contributed by atoms with Crippen molar-refractivity contribution in [1.82, 2.24) is 0 Å². The monoisotopic (exact) mass is 322 g/mol. The minimum Gasteiger partial charge on any atom is -0.295 e. The van der Waals surface area contributed by atoms with E-state index in [2.05, 4.69) is 6.92 Å². The summed E-state index contributed by atoms with van der Waals surface area (Å²) >= 11 is 0. The van der Waals surface area contributed by atoms with Crippen molar-refractivity contribution < 1.29 is 13.2 Å². The summed E-state index contributed by atoms with van der Waals surface area (Å²) in [7, 11) is -3.52. The standard InChI is InChI=1S/C18H26O3S/c1-3-4-5-6-7-8-9-17(19)14-15-22(20,21)18-12-10-16(2)11-13-18/h10-15H,3-9H2,1-2H3/b15-14-. The highest BCUT2D eigenvalue weighted by Gasteiger charge is 2.10. The van der Waals surface area contributed by atoms with Crippen molar-refractivity contribution in [1.29, 1.82) is 0 Å². The van der Waals surface area contributed by atoms with E-state index in [4.69, 9.17) is 0 Å². The lowest BCUT2D eigenvalue weighted by molar-refractivity contribution is -0.114. The maximum atomic E-state index is 12.1. The van der Waals surface area contributed by atoms with Crippen molar-refractivity contribution >= 4 is 15.6 Å². The molecule has 0 unspecified atom stereocenters. The Morgan fingerprint density at radius 3 is 2.23 bits per heavy atom. The van der Waals surface area contributed by atoms with Gasteiger partial charge in [0.2, 0.25) is 0 Å². The van der Waals surface area contributed by atoms with E-state index in [1.54, 1.807) is 24.3 Å². The molecule has 0 N–H and O–H groups in total. The van der Waals surface area contributed by atoms with Crippen LogP contribution in [0, 0.1) is 6.92 Å². The number of ketones is 1. The van der Waals surface area contributed by atoms with Crippen LogP contribution in [-0.2, 0) is 14.6 Å². The zero-order chi connectivity index (χ0) is 16.4. The largest absolute Gasteiger partial charge is 0.295 e. The average Bonchev–Trinajstić information content (AvgIpc) is 2.49. The van der Waals surface area contributed by atoms with Crippen molar-refractivity contribution in [3.63, 3.8) is 0 Å². The van der Waals surface area contributed by atoms with Gasteiger partial charge in [0.15, 0.2) is 15.6 Å². The zero-order valence-electron chi connectivity index (χ0n) is 13.5. The van der Waals surface area contributed by atoms with Gasteiger partial charge in [-0.05, 0) is 31.6 Å². The number of hydrogen-bond donors (Lipinski definition) is 0. The first-order valence-electron chi connectivity index (χ1n) is 7.98. The molecular weight excluding hydrogens is 296 g/mol. The van der Waals surface area contributed by atoms with Crippen LogP contribution < -0.4 is 0 Å². The molecule has 0 radical (unpaired) electrons. The SMILES string of the molecule is CCCCCCCCC(=O)/C=C\S(=O)(=O)c1ccc(C)cc1. The van der Waals surface area contributed by atoms with Gasteiger partial charge in [-0.1, -0.05) is 56.7 Å². The van der Waals surface area contributed by atoms with E-state index in [1.165, 1.54) is 25.3 Å². The van der Waals surface area contributed by atoms with Crippen LogP contribution in [0.25, 0.3) is 0 Å². The van der Waals surface area contributed by atoms with Crippen molar-refractivity contribution in [3.05, 3.63) is 41.3 Å². The second-order valence-corrected chi connectivity index (χ2v) is 7.48. The van der Waals surface area contributed by atoms with Gasteiger partial charge in [-0.25, -0.2) is 8.42 Å². The molecule has 0 bridgehead atoms. The van der Waals surface area contributed by atoms with Gasteiger partial charge in [0.1, 0.15) is 0 Å². The van der Waals surface area contributed by atoms with Crippen LogP contribution in [0.1, 0.15) is 57.4 Å². The van der Waals surface area contributed by atoms with E-state index in [-0.39, 0.29) is 10.7 Å². The molecule has 0 amide bonds. The maximum Gasteiger partial charge on any atom is 0.199 e. The van der Waals surface area contributed by atoms with Crippen LogP contribution in [0.3, 0.4) is 0 Å². The highest BCUT2D eigenvalue weighted by Crippen LogP contribution is 2.13. The Hall–Kier alpha value is -1.42. The summed E-state index contributed by atoms with van der Waals surface area (Å²) in [6.07, 6.45) is 8.28. The number of unbranched alkanes of at least 4 members (excludes halogenated alkanes) is 5. The molecule has 0 aromatic heterocycles. The van der Waals surface area contributed by atoms with Crippen molar-refractivity contribution in [3.8, 4) is 0 Å². The topological polar surface area (TPSA) is 51.2 Å². The first-order chi connectivity index (χ1) is 10.5. The van der Waals surface area contributed by atoms with Gasteiger partial charge in [-0.2, -0.15) is 0 Å². The minimum absolute atomic E-state index is 0.119. The number of aryl methyl sites for hydroxylation is 1. The molecule has 0 aliphatic carbocycles. The van der Waals surface area contributed by atoms with Gasteiger partial charge in [0.05, 0.1) is 4.90 Å². The summed E-state index contributed by atoms with van der Waals surface area (Å²) in [5.74, 6) is -0.119. The second-order valence-electron chi connectivity index (χ2n) is 5.64. The molecule has 3 nitrogen and oxygen atoms in total. The normalized spacial score (nSPS) is 11.9. The first-order valence-corrected chi connectivity index (χ1v) is 9.53. The molecule has 4 heteroatoms. The first kappa shape index (κ1) is 18.6. The number of carbonyl (C=O) groups excluding carboxylic acids is 1. The summed E-state index contributed by atoms with van der Waals surface area (Å²) < 4.78 is 24.1. The Kier molecular flexibility index (Phi) is 8.10. The summed E-state index contributed by atoms with van der Waals surface area (Å²) in [4.78, 5) is 11.9. The molecule has 0 fully saturated rings. The fourth-order valence-electron chi connectivity index (χ4n) is 2.13. The van der Waals surface area contributed by atoms with E-state index in [0.717, 1.165) is 30.2 Å². The molecule has 0 spiro atoms. The Balaban J connectivity index is 2.42. The van der Waals surface area contributed by atoms with Crippen LogP contribution in [0.2, 0.25) is 0 Å². The van der Waals surface area contributed by atoms with E-state index in [0.29, 0.717) is 6.42 Å². The average molecular weight is 322 g/mol. The minimum atomic E-state index is -3.52. The van der Waals surface area contributed by atoms with Gasteiger partial charge < -0.3 is 0 Å². The Morgan fingerprint density at radius 1 is 1.00 bits per heavy atom. The number of benzene rings is 1. The quantitative estimate of drug-likeness (QED) is 0.467. The third-order valence-corrected chi connectivity index (χ3v) is 4.98. The van der Waals surface area contributed by atoms with E-state index in [9.17, 15) is 13.2 Å². The number of hydrogen-bond acceptors (Lipinski definition) is 3. The molecule has 1 aromatic carbocycles. The number of sulfone groups is 1. The van der Waals surface area contributed by atoms with Crippen LogP contribution in [0.5, 0.6) is 0 Å². The van der Waals surface area contributed by atoms with Gasteiger partial charge in [-0.3, -0.25) is 4.79 Å². The van der Waals surface area contributed by atoms with Crippen LogP contribution in [0.15, 0.2) is 40.6 Å². The summed E-state index contributed by atoms with van der Waals surface area (Å²) in [6.45, 7) is 4.07. The summed E-state index contributed by atoms with van der Waals surface area (Å²) in [5.41, 5.74) is 1.00. The van der Waals surface area contributed by atoms with Crippen molar-refractivity contribution in [2.24, 2.45) is 0 Å². The molecule has 0 saturated carbocycles. The van der Waals surface area contributed by atoms with Crippen LogP contribution >= 0.6 is 0 Å². The Morgan fingerprint density at radius 2 is 1.59 bits per heavy atom. The lowest BCUT2D eigenvalue weighted by atomic mass is 10.1. The lowest BCUT2D eigenvalue weighted by Gasteiger charge is -2.00. The van der Waals surface area contributed by atoms with Crippen LogP contribution in [-0.4, -0.2) is 14.2 Å². The number of allylic oxidation sites excluding steroid dienone is 1. The molecule has 0 atom stereocenters. The smallest absolute Gasteiger partial charge is 0.199 e. The highest BCUT2D eigenvalue weighted by atomic mass is 32.2. The maximum absolute atomic E-state index is 12.1. The fourth-order valence-corrected chi connectivity index (χ4v) is 3.14. The third kappa shape index (κ3) is 7.03. The predicted molar refractivity (Wildman–Crippen MR) is 90.5 cm³/mol. The Bertz CT molecular complexity index is 583. The van der Waals surface area contributed by atoms with Crippen molar-refractivity contribution in [2.45, 2.75) is 63.7 Å². The number of carbonyl (C=O) groups is 1. The molecule has 122 valence electrons. The zero-order valence-corrected chi connectivity index (χ0v) is 14.4. The second kappa shape index (κ2) is 9.57. The molecule has 1 rings (SSSR count). The van der Waals surface area contributed by atoms with E-state index < -0.39 is 9.84 Å².